The van der Waals surface area contributed by atoms with Crippen LogP contribution in [0.4, 0.5) is 0 Å². The van der Waals surface area contributed by atoms with E-state index >= 15 is 0 Å². The van der Waals surface area contributed by atoms with Gasteiger partial charge in [0, 0.05) is 0 Å². The first-order chi connectivity index (χ1) is 7.41. The second-order valence-electron chi connectivity index (χ2n) is 5.69. The predicted molar refractivity (Wildman–Crippen MR) is 66.0 cm³/mol. The monoisotopic (exact) mass is 224 g/mol. The van der Waals surface area contributed by atoms with Gasteiger partial charge in [-0.2, -0.15) is 0 Å². The highest BCUT2D eigenvalue weighted by Crippen LogP contribution is 2.59. The molecule has 2 atom stereocenters. The van der Waals surface area contributed by atoms with Crippen LogP contribution < -0.4 is 0 Å². The lowest BCUT2D eigenvalue weighted by atomic mass is 10.1. The molecule has 0 spiro atoms. The highest BCUT2D eigenvalue weighted by Gasteiger charge is 2.61. The number of hydrogen-bond donors (Lipinski definition) is 0. The average Bonchev–Trinajstić information content (AvgIpc) is 2.74. The Morgan fingerprint density at radius 2 is 2.06 bits per heavy atom. The molecule has 2 nitrogen and oxygen atoms in total. The van der Waals surface area contributed by atoms with Crippen LogP contribution in [0.5, 0.6) is 0 Å². The minimum atomic E-state index is -0.0237. The summed E-state index contributed by atoms with van der Waals surface area (Å²) in [6.45, 7) is 11.0. The number of hydrogen-bond acceptors (Lipinski definition) is 2. The molecule has 1 rings (SSSR count). The molecule has 0 N–H and O–H groups in total. The van der Waals surface area contributed by atoms with Crippen LogP contribution in [0.2, 0.25) is 0 Å². The minimum Gasteiger partial charge on any atom is -0.465 e. The van der Waals surface area contributed by atoms with E-state index in [2.05, 4.69) is 46.8 Å². The molecule has 0 aromatic heterocycles. The van der Waals surface area contributed by atoms with Crippen molar-refractivity contribution < 1.29 is 9.53 Å². The Bertz CT molecular complexity index is 276. The van der Waals surface area contributed by atoms with Gasteiger partial charge in [0.1, 0.15) is 0 Å². The molecule has 0 aromatic carbocycles. The molecule has 1 aliphatic carbocycles. The van der Waals surface area contributed by atoms with E-state index in [1.54, 1.807) is 0 Å². The van der Waals surface area contributed by atoms with Crippen LogP contribution >= 0.6 is 0 Å². The minimum absolute atomic E-state index is 0.0237. The van der Waals surface area contributed by atoms with Crippen molar-refractivity contribution in [2.45, 2.75) is 41.0 Å². The Kier molecular flexibility index (Phi) is 4.17. The number of carbonyl (C=O) groups excluding carboxylic acids is 1. The van der Waals surface area contributed by atoms with Crippen LogP contribution in [0.25, 0.3) is 0 Å². The quantitative estimate of drug-likeness (QED) is 0.528. The Morgan fingerprint density at radius 3 is 2.56 bits per heavy atom. The van der Waals surface area contributed by atoms with Crippen molar-refractivity contribution in [1.82, 2.24) is 0 Å². The summed E-state index contributed by atoms with van der Waals surface area (Å²) in [6.07, 6.45) is 5.34. The number of esters is 1. The molecule has 0 radical (unpaired) electrons. The van der Waals surface area contributed by atoms with Gasteiger partial charge in [0.05, 0.1) is 12.5 Å². The molecule has 0 amide bonds. The highest BCUT2D eigenvalue weighted by atomic mass is 16.5. The molecule has 0 aliphatic heterocycles. The summed E-state index contributed by atoms with van der Waals surface area (Å²) in [7, 11) is 0. The number of allylic oxidation sites excluding steroid dienone is 2. The van der Waals surface area contributed by atoms with Gasteiger partial charge in [-0.05, 0) is 23.7 Å². The van der Waals surface area contributed by atoms with Crippen molar-refractivity contribution in [3.8, 4) is 0 Å². The maximum absolute atomic E-state index is 11.8. The average molecular weight is 224 g/mol. The van der Waals surface area contributed by atoms with Gasteiger partial charge in [0.25, 0.3) is 0 Å². The Labute approximate surface area is 99.1 Å². The van der Waals surface area contributed by atoms with Gasteiger partial charge in [-0.1, -0.05) is 46.8 Å². The van der Waals surface area contributed by atoms with E-state index in [0.29, 0.717) is 18.4 Å². The van der Waals surface area contributed by atoms with E-state index in [4.69, 9.17) is 4.74 Å². The van der Waals surface area contributed by atoms with Crippen molar-refractivity contribution in [3.05, 3.63) is 12.2 Å². The fraction of sp³-hybridized carbons (Fsp3) is 0.786. The van der Waals surface area contributed by atoms with Gasteiger partial charge < -0.3 is 4.74 Å². The van der Waals surface area contributed by atoms with Crippen LogP contribution in [0, 0.1) is 23.2 Å². The number of carbonyl (C=O) groups is 1. The molecule has 2 unspecified atom stereocenters. The Morgan fingerprint density at radius 1 is 1.44 bits per heavy atom. The third kappa shape index (κ3) is 2.87. The van der Waals surface area contributed by atoms with Gasteiger partial charge in [-0.25, -0.2) is 0 Å². The third-order valence-electron chi connectivity index (χ3n) is 3.30. The molecule has 0 heterocycles. The maximum atomic E-state index is 11.8. The number of rotatable bonds is 5. The summed E-state index contributed by atoms with van der Waals surface area (Å²) in [4.78, 5) is 11.8. The van der Waals surface area contributed by atoms with Gasteiger partial charge in [0.15, 0.2) is 0 Å². The SMILES string of the molecule is CC/C=C/C1C(C(=O)OCC(C)C)C1(C)C. The van der Waals surface area contributed by atoms with Crippen LogP contribution in [0.1, 0.15) is 41.0 Å². The Balaban J connectivity index is 2.49. The van der Waals surface area contributed by atoms with Gasteiger partial charge in [-0.3, -0.25) is 4.79 Å². The second kappa shape index (κ2) is 5.03. The van der Waals surface area contributed by atoms with Crippen LogP contribution in [-0.4, -0.2) is 12.6 Å². The van der Waals surface area contributed by atoms with E-state index in [-0.39, 0.29) is 17.3 Å². The van der Waals surface area contributed by atoms with Crippen molar-refractivity contribution in [2.75, 3.05) is 6.61 Å². The van der Waals surface area contributed by atoms with Crippen molar-refractivity contribution in [2.24, 2.45) is 23.2 Å². The lowest BCUT2D eigenvalue weighted by Crippen LogP contribution is -2.14. The topological polar surface area (TPSA) is 26.3 Å². The lowest BCUT2D eigenvalue weighted by Gasteiger charge is -2.07. The molecule has 1 aliphatic rings. The van der Waals surface area contributed by atoms with E-state index in [1.807, 2.05) is 0 Å². The van der Waals surface area contributed by atoms with Gasteiger partial charge in [0.2, 0.25) is 0 Å². The third-order valence-corrected chi connectivity index (χ3v) is 3.30. The van der Waals surface area contributed by atoms with Crippen LogP contribution in [-0.2, 0) is 9.53 Å². The molecule has 92 valence electrons. The summed E-state index contributed by atoms with van der Waals surface area (Å²) in [5, 5.41) is 0. The second-order valence-corrected chi connectivity index (χ2v) is 5.69. The predicted octanol–water partition coefficient (Wildman–Crippen LogP) is 3.42. The summed E-state index contributed by atoms with van der Waals surface area (Å²) in [5.74, 6) is 0.820. The first-order valence-corrected chi connectivity index (χ1v) is 6.24. The zero-order valence-electron chi connectivity index (χ0n) is 11.1. The molecular formula is C14H24O2. The highest BCUT2D eigenvalue weighted by molar-refractivity contribution is 5.78. The number of ether oxygens (including phenoxy) is 1. The lowest BCUT2D eigenvalue weighted by molar-refractivity contribution is -0.147. The summed E-state index contributed by atoms with van der Waals surface area (Å²) >= 11 is 0. The molecule has 1 fully saturated rings. The van der Waals surface area contributed by atoms with E-state index in [1.165, 1.54) is 0 Å². The molecular weight excluding hydrogens is 200 g/mol. The van der Waals surface area contributed by atoms with Gasteiger partial charge in [-0.15, -0.1) is 0 Å². The first kappa shape index (κ1) is 13.3. The van der Waals surface area contributed by atoms with E-state index in [0.717, 1.165) is 6.42 Å². The molecule has 0 aromatic rings. The zero-order chi connectivity index (χ0) is 12.3. The van der Waals surface area contributed by atoms with Gasteiger partial charge >= 0.3 is 5.97 Å². The van der Waals surface area contributed by atoms with E-state index < -0.39 is 0 Å². The standard InChI is InChI=1S/C14H24O2/c1-6-7-8-11-12(14(11,4)5)13(15)16-9-10(2)3/h7-8,10-12H,6,9H2,1-5H3/b8-7+. The normalized spacial score (nSPS) is 27.4. The molecule has 1 saturated carbocycles. The van der Waals surface area contributed by atoms with E-state index in [9.17, 15) is 4.79 Å². The maximum Gasteiger partial charge on any atom is 0.310 e. The molecule has 0 saturated heterocycles. The van der Waals surface area contributed by atoms with Crippen molar-refractivity contribution >= 4 is 5.97 Å². The van der Waals surface area contributed by atoms with Crippen molar-refractivity contribution in [3.63, 3.8) is 0 Å². The fourth-order valence-electron chi connectivity index (χ4n) is 2.11. The van der Waals surface area contributed by atoms with Crippen molar-refractivity contribution in [1.29, 1.82) is 0 Å². The summed E-state index contributed by atoms with van der Waals surface area (Å²) in [5.41, 5.74) is 0.0831. The summed E-state index contributed by atoms with van der Waals surface area (Å²) < 4.78 is 5.30. The molecule has 0 bridgehead atoms. The molecule has 2 heteroatoms. The molecule has 16 heavy (non-hydrogen) atoms. The smallest absolute Gasteiger partial charge is 0.310 e. The first-order valence-electron chi connectivity index (χ1n) is 6.24. The Hall–Kier alpha value is -0.790. The summed E-state index contributed by atoms with van der Waals surface area (Å²) in [6, 6.07) is 0. The van der Waals surface area contributed by atoms with Crippen LogP contribution in [0.3, 0.4) is 0 Å². The zero-order valence-corrected chi connectivity index (χ0v) is 11.1. The largest absolute Gasteiger partial charge is 0.465 e. The fourth-order valence-corrected chi connectivity index (χ4v) is 2.11. The van der Waals surface area contributed by atoms with Crippen LogP contribution in [0.15, 0.2) is 12.2 Å².